The van der Waals surface area contributed by atoms with E-state index in [0.717, 1.165) is 16.4 Å². The van der Waals surface area contributed by atoms with Gasteiger partial charge in [-0.25, -0.2) is 0 Å². The Morgan fingerprint density at radius 1 is 1.38 bits per heavy atom. The van der Waals surface area contributed by atoms with E-state index in [4.69, 9.17) is 17.3 Å². The van der Waals surface area contributed by atoms with Gasteiger partial charge >= 0.3 is 16.4 Å². The second-order valence-corrected chi connectivity index (χ2v) is 6.45. The summed E-state index contributed by atoms with van der Waals surface area (Å²) in [5, 5.41) is -0.126. The Morgan fingerprint density at radius 3 is 2.52 bits per heavy atom. The molecule has 0 aliphatic carbocycles. The quantitative estimate of drug-likeness (QED) is 0.830. The van der Waals surface area contributed by atoms with Gasteiger partial charge in [-0.05, 0) is 31.2 Å². The van der Waals surface area contributed by atoms with E-state index >= 15 is 0 Å². The predicted molar refractivity (Wildman–Crippen MR) is 75.3 cm³/mol. The van der Waals surface area contributed by atoms with Gasteiger partial charge in [-0.15, -0.1) is 0 Å². The van der Waals surface area contributed by atoms with Crippen LogP contribution in [0.1, 0.15) is 12.0 Å². The van der Waals surface area contributed by atoms with Gasteiger partial charge in [0.1, 0.15) is 0 Å². The normalized spacial score (nSPS) is 12.7. The first-order chi connectivity index (χ1) is 9.58. The van der Waals surface area contributed by atoms with Crippen molar-refractivity contribution in [2.24, 2.45) is 5.73 Å². The molecule has 10 heteroatoms. The molecule has 0 saturated carbocycles. The summed E-state index contributed by atoms with van der Waals surface area (Å²) in [6.07, 6.45) is -4.16. The second-order valence-electron chi connectivity index (χ2n) is 4.26. The molecule has 0 atom stereocenters. The van der Waals surface area contributed by atoms with E-state index in [-0.39, 0.29) is 17.3 Å². The zero-order valence-corrected chi connectivity index (χ0v) is 12.7. The van der Waals surface area contributed by atoms with E-state index < -0.39 is 21.9 Å². The number of halogens is 4. The molecule has 1 aromatic rings. The highest BCUT2D eigenvalue weighted by atomic mass is 35.5. The Morgan fingerprint density at radius 2 is 2.00 bits per heavy atom. The molecule has 0 aliphatic rings. The Balaban J connectivity index is 3.01. The van der Waals surface area contributed by atoms with Crippen LogP contribution in [-0.4, -0.2) is 32.9 Å². The highest BCUT2D eigenvalue weighted by Gasteiger charge is 2.31. The van der Waals surface area contributed by atoms with E-state index in [9.17, 15) is 21.6 Å². The molecule has 0 unspecified atom stereocenters. The van der Waals surface area contributed by atoms with Crippen molar-refractivity contribution in [3.8, 4) is 0 Å². The Labute approximate surface area is 126 Å². The number of nitrogens with two attached hydrogens (primary N) is 1. The number of rotatable bonds is 6. The molecule has 1 rings (SSSR count). The fourth-order valence-electron chi connectivity index (χ4n) is 1.43. The molecule has 0 bridgehead atoms. The maximum atomic E-state index is 12.6. The molecule has 5 nitrogen and oxygen atoms in total. The molecule has 0 radical (unpaired) electrons. The molecular weight excluding hydrogens is 331 g/mol. The fraction of sp³-hybridized carbons (Fsp3) is 0.455. The van der Waals surface area contributed by atoms with E-state index in [1.807, 2.05) is 4.72 Å². The average Bonchev–Trinajstić information content (AvgIpc) is 2.36. The van der Waals surface area contributed by atoms with Crippen molar-refractivity contribution >= 4 is 27.5 Å². The second kappa shape index (κ2) is 6.82. The average molecular weight is 346 g/mol. The highest BCUT2D eigenvalue weighted by molar-refractivity contribution is 7.90. The predicted octanol–water partition coefficient (Wildman–Crippen LogP) is 2.30. The summed E-state index contributed by atoms with van der Waals surface area (Å²) >= 11 is 5.73. The summed E-state index contributed by atoms with van der Waals surface area (Å²) in [4.78, 5) is 0. The first kappa shape index (κ1) is 18.0. The standard InChI is InChI=1S/C11H15ClF3N3O2S/c1-18(6-2-5-16)21(19,20)17-10-7-8(11(13,14)15)3-4-9(10)12/h3-4,7,17H,2,5-6,16H2,1H3. The molecule has 0 aromatic heterocycles. The Bertz CT molecular complexity index is 593. The number of alkyl halides is 3. The summed E-state index contributed by atoms with van der Waals surface area (Å²) in [6.45, 7) is 0.437. The van der Waals surface area contributed by atoms with Crippen molar-refractivity contribution in [1.82, 2.24) is 4.31 Å². The lowest BCUT2D eigenvalue weighted by atomic mass is 10.2. The van der Waals surface area contributed by atoms with Gasteiger partial charge < -0.3 is 5.73 Å². The molecule has 21 heavy (non-hydrogen) atoms. The summed E-state index contributed by atoms with van der Waals surface area (Å²) in [5.74, 6) is 0. The van der Waals surface area contributed by atoms with Crippen molar-refractivity contribution < 1.29 is 21.6 Å². The van der Waals surface area contributed by atoms with Gasteiger partial charge in [-0.3, -0.25) is 4.72 Å². The topological polar surface area (TPSA) is 75.4 Å². The fourth-order valence-corrected chi connectivity index (χ4v) is 2.62. The van der Waals surface area contributed by atoms with Gasteiger partial charge in [-0.1, -0.05) is 11.6 Å². The first-order valence-electron chi connectivity index (χ1n) is 5.89. The van der Waals surface area contributed by atoms with Crippen LogP contribution in [0.4, 0.5) is 18.9 Å². The van der Waals surface area contributed by atoms with E-state index in [1.54, 1.807) is 0 Å². The smallest absolute Gasteiger partial charge is 0.330 e. The van der Waals surface area contributed by atoms with Gasteiger partial charge in [-0.2, -0.15) is 25.9 Å². The zero-order chi connectivity index (χ0) is 16.3. The van der Waals surface area contributed by atoms with Crippen molar-refractivity contribution in [2.75, 3.05) is 24.9 Å². The third-order valence-corrected chi connectivity index (χ3v) is 4.43. The number of hydrogen-bond acceptors (Lipinski definition) is 3. The van der Waals surface area contributed by atoms with Crippen molar-refractivity contribution in [1.29, 1.82) is 0 Å². The van der Waals surface area contributed by atoms with Crippen LogP contribution in [0, 0.1) is 0 Å². The van der Waals surface area contributed by atoms with Crippen LogP contribution in [0.2, 0.25) is 5.02 Å². The minimum absolute atomic E-state index is 0.126. The largest absolute Gasteiger partial charge is 0.416 e. The van der Waals surface area contributed by atoms with Crippen molar-refractivity contribution in [3.63, 3.8) is 0 Å². The monoisotopic (exact) mass is 345 g/mol. The van der Waals surface area contributed by atoms with Crippen LogP contribution in [0.3, 0.4) is 0 Å². The van der Waals surface area contributed by atoms with Gasteiger partial charge in [0.05, 0.1) is 16.3 Å². The molecule has 0 aliphatic heterocycles. The molecule has 1 aromatic carbocycles. The van der Waals surface area contributed by atoms with Crippen LogP contribution in [0.25, 0.3) is 0 Å². The molecule has 0 spiro atoms. The molecule has 0 saturated heterocycles. The minimum Gasteiger partial charge on any atom is -0.330 e. The van der Waals surface area contributed by atoms with Gasteiger partial charge in [0.2, 0.25) is 0 Å². The molecule has 0 fully saturated rings. The number of nitrogens with zero attached hydrogens (tertiary/aromatic N) is 1. The van der Waals surface area contributed by atoms with E-state index in [2.05, 4.69) is 0 Å². The van der Waals surface area contributed by atoms with Gasteiger partial charge in [0, 0.05) is 13.6 Å². The molecule has 0 amide bonds. The lowest BCUT2D eigenvalue weighted by Gasteiger charge is -2.19. The first-order valence-corrected chi connectivity index (χ1v) is 7.70. The molecule has 120 valence electrons. The van der Waals surface area contributed by atoms with Crippen LogP contribution >= 0.6 is 11.6 Å². The van der Waals surface area contributed by atoms with Gasteiger partial charge in [0.25, 0.3) is 0 Å². The van der Waals surface area contributed by atoms with Crippen LogP contribution < -0.4 is 10.5 Å². The summed E-state index contributed by atoms with van der Waals surface area (Å²) in [5.41, 5.74) is 3.96. The van der Waals surface area contributed by atoms with Crippen LogP contribution in [0.15, 0.2) is 18.2 Å². The molecule has 3 N–H and O–H groups in total. The van der Waals surface area contributed by atoms with Crippen molar-refractivity contribution in [3.05, 3.63) is 28.8 Å². The minimum atomic E-state index is -4.59. The summed E-state index contributed by atoms with van der Waals surface area (Å²) in [7, 11) is -2.70. The summed E-state index contributed by atoms with van der Waals surface area (Å²) in [6, 6.07) is 2.41. The third kappa shape index (κ3) is 5.03. The third-order valence-electron chi connectivity index (χ3n) is 2.62. The lowest BCUT2D eigenvalue weighted by molar-refractivity contribution is -0.137. The number of anilines is 1. The number of nitrogens with one attached hydrogen (secondary N) is 1. The maximum Gasteiger partial charge on any atom is 0.416 e. The lowest BCUT2D eigenvalue weighted by Crippen LogP contribution is -2.34. The van der Waals surface area contributed by atoms with Crippen LogP contribution in [-0.2, 0) is 16.4 Å². The number of hydrogen-bond donors (Lipinski definition) is 2. The number of benzene rings is 1. The van der Waals surface area contributed by atoms with Crippen molar-refractivity contribution in [2.45, 2.75) is 12.6 Å². The van der Waals surface area contributed by atoms with Crippen LogP contribution in [0.5, 0.6) is 0 Å². The Hall–Kier alpha value is -1.03. The SMILES string of the molecule is CN(CCCN)S(=O)(=O)Nc1cc(C(F)(F)F)ccc1Cl. The highest BCUT2D eigenvalue weighted by Crippen LogP contribution is 2.34. The summed E-state index contributed by atoms with van der Waals surface area (Å²) < 4.78 is 64.7. The Kier molecular flexibility index (Phi) is 5.85. The van der Waals surface area contributed by atoms with E-state index in [0.29, 0.717) is 19.0 Å². The molecule has 0 heterocycles. The maximum absolute atomic E-state index is 12.6. The molecular formula is C11H15ClF3N3O2S. The van der Waals surface area contributed by atoms with E-state index in [1.165, 1.54) is 7.05 Å². The zero-order valence-electron chi connectivity index (χ0n) is 11.1. The van der Waals surface area contributed by atoms with Gasteiger partial charge in [0.15, 0.2) is 0 Å².